The Balaban J connectivity index is 0.000000214. The SMILES string of the molecule is CC(=O)c1ccccc1.CC(Nc1ccc([N+](=O)[O-])cc1)c1ccccc1.Nc1ccc([N+](=O)[O-])cc1. The van der Waals surface area contributed by atoms with E-state index in [4.69, 9.17) is 5.73 Å². The van der Waals surface area contributed by atoms with E-state index in [1.54, 1.807) is 19.1 Å². The first-order chi connectivity index (χ1) is 17.7. The lowest BCUT2D eigenvalue weighted by molar-refractivity contribution is -0.385. The molecule has 1 unspecified atom stereocenters. The van der Waals surface area contributed by atoms with Gasteiger partial charge in [0.05, 0.1) is 9.85 Å². The number of rotatable bonds is 6. The Kier molecular flexibility index (Phi) is 11.0. The van der Waals surface area contributed by atoms with Crippen molar-refractivity contribution in [2.75, 3.05) is 11.1 Å². The average molecular weight is 501 g/mol. The number of nitro benzene ring substituents is 2. The van der Waals surface area contributed by atoms with Crippen LogP contribution >= 0.6 is 0 Å². The largest absolute Gasteiger partial charge is 0.399 e. The van der Waals surface area contributed by atoms with Crippen molar-refractivity contribution in [1.29, 1.82) is 0 Å². The molecule has 0 aromatic heterocycles. The molecule has 0 bridgehead atoms. The van der Waals surface area contributed by atoms with Gasteiger partial charge in [0.1, 0.15) is 0 Å². The minimum absolute atomic E-state index is 0.0641. The number of nitrogens with zero attached hydrogens (tertiary/aromatic N) is 2. The van der Waals surface area contributed by atoms with Gasteiger partial charge >= 0.3 is 0 Å². The number of nitro groups is 2. The van der Waals surface area contributed by atoms with Crippen LogP contribution in [-0.4, -0.2) is 15.6 Å². The molecule has 1 atom stereocenters. The molecular weight excluding hydrogens is 472 g/mol. The second-order valence-electron chi connectivity index (χ2n) is 7.85. The van der Waals surface area contributed by atoms with Crippen LogP contribution in [0.25, 0.3) is 0 Å². The van der Waals surface area contributed by atoms with Gasteiger partial charge in [-0.15, -0.1) is 0 Å². The van der Waals surface area contributed by atoms with Gasteiger partial charge in [0.15, 0.2) is 5.78 Å². The van der Waals surface area contributed by atoms with Crippen molar-refractivity contribution in [3.05, 3.63) is 141 Å². The molecule has 0 aliphatic heterocycles. The van der Waals surface area contributed by atoms with Gasteiger partial charge < -0.3 is 11.1 Å². The fraction of sp³-hybridized carbons (Fsp3) is 0.107. The molecule has 4 aromatic carbocycles. The molecule has 0 radical (unpaired) electrons. The van der Waals surface area contributed by atoms with Gasteiger partial charge in [0.25, 0.3) is 11.4 Å². The molecule has 0 saturated heterocycles. The van der Waals surface area contributed by atoms with Gasteiger partial charge in [-0.25, -0.2) is 0 Å². The number of ketones is 1. The Labute approximate surface area is 214 Å². The summed E-state index contributed by atoms with van der Waals surface area (Å²) in [5.74, 6) is 0.121. The molecule has 4 rings (SSSR count). The number of benzene rings is 4. The first-order valence-electron chi connectivity index (χ1n) is 11.3. The second kappa shape index (κ2) is 14.4. The van der Waals surface area contributed by atoms with Gasteiger partial charge in [-0.05, 0) is 43.7 Å². The second-order valence-corrected chi connectivity index (χ2v) is 7.85. The minimum Gasteiger partial charge on any atom is -0.399 e. The molecule has 3 N–H and O–H groups in total. The summed E-state index contributed by atoms with van der Waals surface area (Å²) in [6, 6.07) is 31.6. The third-order valence-corrected chi connectivity index (χ3v) is 5.05. The van der Waals surface area contributed by atoms with E-state index in [0.29, 0.717) is 5.69 Å². The fourth-order valence-corrected chi connectivity index (χ4v) is 3.02. The number of Topliss-reactive ketones (excluding diaryl/α,β-unsaturated/α-hetero) is 1. The Bertz CT molecular complexity index is 1280. The average Bonchev–Trinajstić information content (AvgIpc) is 2.91. The smallest absolute Gasteiger partial charge is 0.269 e. The number of anilines is 2. The van der Waals surface area contributed by atoms with Crippen molar-refractivity contribution in [2.45, 2.75) is 19.9 Å². The summed E-state index contributed by atoms with van der Waals surface area (Å²) >= 11 is 0. The van der Waals surface area contributed by atoms with E-state index in [0.717, 1.165) is 11.3 Å². The first kappa shape index (κ1) is 28.2. The molecule has 37 heavy (non-hydrogen) atoms. The third-order valence-electron chi connectivity index (χ3n) is 5.05. The maximum absolute atomic E-state index is 10.6. The summed E-state index contributed by atoms with van der Waals surface area (Å²) in [4.78, 5) is 30.4. The van der Waals surface area contributed by atoms with Crippen LogP contribution in [0.4, 0.5) is 22.7 Å². The quantitative estimate of drug-likeness (QED) is 0.128. The van der Waals surface area contributed by atoms with E-state index in [-0.39, 0.29) is 23.2 Å². The van der Waals surface area contributed by atoms with Gasteiger partial charge in [0.2, 0.25) is 0 Å². The monoisotopic (exact) mass is 500 g/mol. The zero-order chi connectivity index (χ0) is 27.2. The van der Waals surface area contributed by atoms with Crippen LogP contribution < -0.4 is 11.1 Å². The number of nitrogens with one attached hydrogen (secondary N) is 1. The number of hydrogen-bond acceptors (Lipinski definition) is 7. The van der Waals surface area contributed by atoms with E-state index < -0.39 is 9.85 Å². The lowest BCUT2D eigenvalue weighted by Crippen LogP contribution is -2.06. The Morgan fingerprint density at radius 1 is 0.730 bits per heavy atom. The number of hydrogen-bond donors (Lipinski definition) is 2. The topological polar surface area (TPSA) is 141 Å². The Morgan fingerprint density at radius 3 is 1.57 bits per heavy atom. The number of carbonyl (C=O) groups is 1. The maximum atomic E-state index is 10.6. The predicted octanol–water partition coefficient (Wildman–Crippen LogP) is 6.83. The van der Waals surface area contributed by atoms with Crippen LogP contribution in [0.3, 0.4) is 0 Å². The van der Waals surface area contributed by atoms with Crippen molar-refractivity contribution >= 4 is 28.5 Å². The molecule has 0 heterocycles. The van der Waals surface area contributed by atoms with Crippen molar-refractivity contribution in [3.8, 4) is 0 Å². The van der Waals surface area contributed by atoms with Gasteiger partial charge in [0, 0.05) is 47.2 Å². The summed E-state index contributed by atoms with van der Waals surface area (Å²) in [7, 11) is 0. The summed E-state index contributed by atoms with van der Waals surface area (Å²) in [5.41, 5.74) is 8.83. The minimum atomic E-state index is -0.459. The Hall–Kier alpha value is -5.05. The lowest BCUT2D eigenvalue weighted by Gasteiger charge is -2.15. The third kappa shape index (κ3) is 9.99. The normalized spacial score (nSPS) is 10.4. The first-order valence-corrected chi connectivity index (χ1v) is 11.3. The molecule has 0 spiro atoms. The van der Waals surface area contributed by atoms with E-state index >= 15 is 0 Å². The molecule has 9 nitrogen and oxygen atoms in total. The highest BCUT2D eigenvalue weighted by atomic mass is 16.6. The molecule has 0 fully saturated rings. The van der Waals surface area contributed by atoms with Crippen molar-refractivity contribution in [3.63, 3.8) is 0 Å². The predicted molar refractivity (Wildman–Crippen MR) is 146 cm³/mol. The van der Waals surface area contributed by atoms with Crippen LogP contribution in [0.2, 0.25) is 0 Å². The van der Waals surface area contributed by atoms with Crippen LogP contribution in [0.15, 0.2) is 109 Å². The van der Waals surface area contributed by atoms with Crippen molar-refractivity contribution in [2.24, 2.45) is 0 Å². The van der Waals surface area contributed by atoms with Crippen molar-refractivity contribution < 1.29 is 14.6 Å². The van der Waals surface area contributed by atoms with Crippen molar-refractivity contribution in [1.82, 2.24) is 0 Å². The molecule has 190 valence electrons. The van der Waals surface area contributed by atoms with E-state index in [1.807, 2.05) is 60.7 Å². The summed E-state index contributed by atoms with van der Waals surface area (Å²) in [6.07, 6.45) is 0. The van der Waals surface area contributed by atoms with Gasteiger partial charge in [-0.3, -0.25) is 25.0 Å². The number of non-ortho nitro benzene ring substituents is 2. The molecule has 4 aromatic rings. The Morgan fingerprint density at radius 2 is 1.16 bits per heavy atom. The van der Waals surface area contributed by atoms with Crippen LogP contribution in [0.5, 0.6) is 0 Å². The number of carbonyl (C=O) groups excluding carboxylic acids is 1. The zero-order valence-electron chi connectivity index (χ0n) is 20.5. The molecular formula is C28H28N4O5. The van der Waals surface area contributed by atoms with E-state index in [9.17, 15) is 25.0 Å². The fourth-order valence-electron chi connectivity index (χ4n) is 3.02. The van der Waals surface area contributed by atoms with E-state index in [2.05, 4.69) is 12.2 Å². The zero-order valence-corrected chi connectivity index (χ0v) is 20.5. The number of nitrogens with two attached hydrogens (primary N) is 1. The molecule has 0 amide bonds. The van der Waals surface area contributed by atoms with Crippen LogP contribution in [0.1, 0.15) is 35.8 Å². The molecule has 0 aliphatic carbocycles. The van der Waals surface area contributed by atoms with Crippen LogP contribution in [0, 0.1) is 20.2 Å². The lowest BCUT2D eigenvalue weighted by atomic mass is 10.1. The van der Waals surface area contributed by atoms with Crippen LogP contribution in [-0.2, 0) is 0 Å². The highest BCUT2D eigenvalue weighted by Gasteiger charge is 2.07. The summed E-state index contributed by atoms with van der Waals surface area (Å²) < 4.78 is 0. The summed E-state index contributed by atoms with van der Waals surface area (Å²) in [5, 5.41) is 23.9. The van der Waals surface area contributed by atoms with E-state index in [1.165, 1.54) is 42.0 Å². The maximum Gasteiger partial charge on any atom is 0.269 e. The molecule has 9 heteroatoms. The number of nitrogen functional groups attached to an aromatic ring is 1. The molecule has 0 aliphatic rings. The van der Waals surface area contributed by atoms with Gasteiger partial charge in [-0.1, -0.05) is 60.7 Å². The standard InChI is InChI=1S/C14H14N2O2.C8H8O.C6H6N2O2/c1-11(12-5-3-2-4-6-12)15-13-7-9-14(10-8-13)16(17)18;1-7(9)8-5-3-2-4-6-8;7-5-1-3-6(4-2-5)8(9)10/h2-11,15H,1H3;2-6H,1H3;1-4H,7H2. The van der Waals surface area contributed by atoms with Gasteiger partial charge in [-0.2, -0.15) is 0 Å². The summed E-state index contributed by atoms with van der Waals surface area (Å²) in [6.45, 7) is 3.62. The highest BCUT2D eigenvalue weighted by Crippen LogP contribution is 2.21. The molecule has 0 saturated carbocycles. The highest BCUT2D eigenvalue weighted by molar-refractivity contribution is 5.93.